The van der Waals surface area contributed by atoms with Crippen LogP contribution < -0.4 is 0 Å². The maximum absolute atomic E-state index is 13.7. The van der Waals surface area contributed by atoms with E-state index in [2.05, 4.69) is 20.9 Å². The maximum Gasteiger partial charge on any atom is 0.214 e. The Labute approximate surface area is 117 Å². The molecule has 94 valence electrons. The average molecular weight is 319 g/mol. The van der Waals surface area contributed by atoms with E-state index in [1.54, 1.807) is 12.1 Å². The molecule has 0 aliphatic rings. The molecule has 0 saturated heterocycles. The van der Waals surface area contributed by atoms with Crippen molar-refractivity contribution in [1.82, 2.24) is 4.98 Å². The molecule has 0 amide bonds. The van der Waals surface area contributed by atoms with Gasteiger partial charge < -0.3 is 0 Å². The SMILES string of the molecule is N#Cc1ccc(C(=O)c2cccc(CBr)n2)c(F)c1. The number of ketones is 1. The molecule has 0 aliphatic heterocycles. The zero-order chi connectivity index (χ0) is 13.8. The second-order valence-electron chi connectivity index (χ2n) is 3.78. The Morgan fingerprint density at radius 1 is 1.37 bits per heavy atom. The lowest BCUT2D eigenvalue weighted by atomic mass is 10.0. The lowest BCUT2D eigenvalue weighted by molar-refractivity contribution is 0.103. The molecule has 1 aromatic carbocycles. The summed E-state index contributed by atoms with van der Waals surface area (Å²) in [5.74, 6) is -1.21. The van der Waals surface area contributed by atoms with Crippen LogP contribution in [0.4, 0.5) is 4.39 Å². The summed E-state index contributed by atoms with van der Waals surface area (Å²) in [6.45, 7) is 0. The van der Waals surface area contributed by atoms with E-state index in [1.165, 1.54) is 18.2 Å². The molecule has 2 rings (SSSR count). The number of halogens is 2. The van der Waals surface area contributed by atoms with Gasteiger partial charge in [0, 0.05) is 5.33 Å². The van der Waals surface area contributed by atoms with Crippen molar-refractivity contribution in [2.45, 2.75) is 5.33 Å². The number of hydrogen-bond acceptors (Lipinski definition) is 3. The molecule has 0 saturated carbocycles. The van der Waals surface area contributed by atoms with Crippen molar-refractivity contribution < 1.29 is 9.18 Å². The van der Waals surface area contributed by atoms with E-state index in [0.717, 1.165) is 6.07 Å². The molecule has 0 aliphatic carbocycles. The molecule has 19 heavy (non-hydrogen) atoms. The van der Waals surface area contributed by atoms with E-state index >= 15 is 0 Å². The number of benzene rings is 1. The zero-order valence-electron chi connectivity index (χ0n) is 9.73. The average Bonchev–Trinajstić information content (AvgIpc) is 2.46. The van der Waals surface area contributed by atoms with Crippen LogP contribution >= 0.6 is 15.9 Å². The smallest absolute Gasteiger partial charge is 0.214 e. The molecule has 0 fully saturated rings. The molecule has 0 radical (unpaired) electrons. The monoisotopic (exact) mass is 318 g/mol. The molecule has 0 N–H and O–H groups in total. The quantitative estimate of drug-likeness (QED) is 0.645. The summed E-state index contributed by atoms with van der Waals surface area (Å²) in [7, 11) is 0. The predicted molar refractivity (Wildman–Crippen MR) is 71.4 cm³/mol. The molecule has 2 aromatic rings. The van der Waals surface area contributed by atoms with Crippen LogP contribution in [-0.4, -0.2) is 10.8 Å². The van der Waals surface area contributed by atoms with Crippen LogP contribution in [0.1, 0.15) is 27.3 Å². The van der Waals surface area contributed by atoms with Crippen molar-refractivity contribution in [3.63, 3.8) is 0 Å². The molecule has 0 unspecified atom stereocenters. The van der Waals surface area contributed by atoms with Crippen LogP contribution in [0.15, 0.2) is 36.4 Å². The molecular formula is C14H8BrFN2O. The highest BCUT2D eigenvalue weighted by atomic mass is 79.9. The fourth-order valence-electron chi connectivity index (χ4n) is 1.59. The number of nitrogens with zero attached hydrogens (tertiary/aromatic N) is 2. The molecule has 1 aromatic heterocycles. The third-order valence-corrected chi connectivity index (χ3v) is 3.09. The van der Waals surface area contributed by atoms with Crippen molar-refractivity contribution in [3.8, 4) is 6.07 Å². The van der Waals surface area contributed by atoms with Gasteiger partial charge >= 0.3 is 0 Å². The van der Waals surface area contributed by atoms with Crippen molar-refractivity contribution in [1.29, 1.82) is 5.26 Å². The summed E-state index contributed by atoms with van der Waals surface area (Å²) in [6, 6.07) is 10.6. The summed E-state index contributed by atoms with van der Waals surface area (Å²) in [4.78, 5) is 16.3. The number of nitriles is 1. The second-order valence-corrected chi connectivity index (χ2v) is 4.34. The number of rotatable bonds is 3. The minimum absolute atomic E-state index is 0.0850. The van der Waals surface area contributed by atoms with E-state index in [9.17, 15) is 9.18 Å². The fraction of sp³-hybridized carbons (Fsp3) is 0.0714. The van der Waals surface area contributed by atoms with Gasteiger partial charge in [-0.3, -0.25) is 4.79 Å². The number of hydrogen-bond donors (Lipinski definition) is 0. The molecule has 3 nitrogen and oxygen atoms in total. The molecule has 0 spiro atoms. The van der Waals surface area contributed by atoms with Crippen LogP contribution in [0, 0.1) is 17.1 Å². The standard InChI is InChI=1S/C14H8BrFN2O/c15-7-10-2-1-3-13(18-10)14(19)11-5-4-9(8-17)6-12(11)16/h1-6H,7H2. The predicted octanol–water partition coefficient (Wildman–Crippen LogP) is 3.22. The lowest BCUT2D eigenvalue weighted by Gasteiger charge is -2.03. The van der Waals surface area contributed by atoms with Gasteiger partial charge in [-0.25, -0.2) is 9.37 Å². The van der Waals surface area contributed by atoms with Crippen molar-refractivity contribution >= 4 is 21.7 Å². The van der Waals surface area contributed by atoms with Gasteiger partial charge in [0.25, 0.3) is 0 Å². The Bertz CT molecular complexity index is 679. The maximum atomic E-state index is 13.7. The number of aromatic nitrogens is 1. The molecular weight excluding hydrogens is 311 g/mol. The van der Waals surface area contributed by atoms with Gasteiger partial charge in [0.05, 0.1) is 22.9 Å². The third kappa shape index (κ3) is 2.85. The van der Waals surface area contributed by atoms with Gasteiger partial charge in [0.15, 0.2) is 0 Å². The Morgan fingerprint density at radius 2 is 2.16 bits per heavy atom. The van der Waals surface area contributed by atoms with E-state index in [0.29, 0.717) is 11.0 Å². The van der Waals surface area contributed by atoms with E-state index in [-0.39, 0.29) is 16.8 Å². The van der Waals surface area contributed by atoms with Gasteiger partial charge in [-0.1, -0.05) is 22.0 Å². The highest BCUT2D eigenvalue weighted by Gasteiger charge is 2.15. The van der Waals surface area contributed by atoms with Crippen LogP contribution in [-0.2, 0) is 5.33 Å². The van der Waals surface area contributed by atoms with Crippen molar-refractivity contribution in [2.75, 3.05) is 0 Å². The van der Waals surface area contributed by atoms with Crippen LogP contribution in [0.2, 0.25) is 0 Å². The van der Waals surface area contributed by atoms with Gasteiger partial charge in [0.1, 0.15) is 11.5 Å². The van der Waals surface area contributed by atoms with Crippen LogP contribution in [0.3, 0.4) is 0 Å². The molecule has 0 bridgehead atoms. The summed E-state index contributed by atoms with van der Waals surface area (Å²) >= 11 is 3.25. The van der Waals surface area contributed by atoms with Crippen molar-refractivity contribution in [3.05, 3.63) is 64.7 Å². The number of pyridine rings is 1. The van der Waals surface area contributed by atoms with E-state index < -0.39 is 11.6 Å². The topological polar surface area (TPSA) is 53.8 Å². The minimum Gasteiger partial charge on any atom is -0.287 e. The number of carbonyl (C=O) groups is 1. The Kier molecular flexibility index (Phi) is 4.03. The highest BCUT2D eigenvalue weighted by molar-refractivity contribution is 9.08. The summed E-state index contributed by atoms with van der Waals surface area (Å²) in [5, 5.41) is 9.18. The van der Waals surface area contributed by atoms with Gasteiger partial charge in [-0.15, -0.1) is 0 Å². The zero-order valence-corrected chi connectivity index (χ0v) is 11.3. The van der Waals surface area contributed by atoms with Crippen LogP contribution in [0.5, 0.6) is 0 Å². The summed E-state index contributed by atoms with van der Waals surface area (Å²) in [5.41, 5.74) is 0.968. The summed E-state index contributed by atoms with van der Waals surface area (Å²) in [6.07, 6.45) is 0. The third-order valence-electron chi connectivity index (χ3n) is 2.52. The lowest BCUT2D eigenvalue weighted by Crippen LogP contribution is -2.07. The van der Waals surface area contributed by atoms with E-state index in [4.69, 9.17) is 5.26 Å². The van der Waals surface area contributed by atoms with Gasteiger partial charge in [0.2, 0.25) is 5.78 Å². The first-order chi connectivity index (χ1) is 9.15. The fourth-order valence-corrected chi connectivity index (χ4v) is 1.90. The minimum atomic E-state index is -0.713. The Hall–Kier alpha value is -2.06. The molecule has 1 heterocycles. The number of alkyl halides is 1. The second kappa shape index (κ2) is 5.72. The molecule has 0 atom stereocenters. The van der Waals surface area contributed by atoms with Gasteiger partial charge in [-0.2, -0.15) is 5.26 Å². The molecule has 5 heteroatoms. The normalized spacial score (nSPS) is 9.95. The summed E-state index contributed by atoms with van der Waals surface area (Å²) < 4.78 is 13.7. The first-order valence-electron chi connectivity index (χ1n) is 5.42. The first kappa shape index (κ1) is 13.4. The Balaban J connectivity index is 2.41. The first-order valence-corrected chi connectivity index (χ1v) is 6.54. The van der Waals surface area contributed by atoms with Gasteiger partial charge in [-0.05, 0) is 30.3 Å². The number of carbonyl (C=O) groups excluding carboxylic acids is 1. The highest BCUT2D eigenvalue weighted by Crippen LogP contribution is 2.15. The Morgan fingerprint density at radius 3 is 2.79 bits per heavy atom. The van der Waals surface area contributed by atoms with E-state index in [1.807, 2.05) is 6.07 Å². The largest absolute Gasteiger partial charge is 0.287 e. The van der Waals surface area contributed by atoms with Crippen molar-refractivity contribution in [2.24, 2.45) is 0 Å². The van der Waals surface area contributed by atoms with Crippen LogP contribution in [0.25, 0.3) is 0 Å².